The van der Waals surface area contributed by atoms with E-state index < -0.39 is 13.0 Å². The van der Waals surface area contributed by atoms with Crippen molar-refractivity contribution in [3.8, 4) is 0 Å². The number of aryl methyl sites for hydroxylation is 1. The smallest absolute Gasteiger partial charge is 0.282 e. The molecule has 6 nitrogen and oxygen atoms in total. The van der Waals surface area contributed by atoms with E-state index in [9.17, 15) is 14.7 Å². The molecule has 0 radical (unpaired) electrons. The van der Waals surface area contributed by atoms with Crippen molar-refractivity contribution in [3.05, 3.63) is 52.2 Å². The second kappa shape index (κ2) is 6.85. The Bertz CT molecular complexity index is 694. The molecule has 21 heavy (non-hydrogen) atoms. The van der Waals surface area contributed by atoms with Crippen molar-refractivity contribution in [2.75, 3.05) is 7.11 Å². The number of hydrogen-bond acceptors (Lipinski definition) is 6. The molecule has 1 aromatic heterocycles. The third-order valence-corrected chi connectivity index (χ3v) is 5.07. The number of benzene rings is 1. The number of nitro groups is 1. The summed E-state index contributed by atoms with van der Waals surface area (Å²) in [4.78, 5) is 15.5. The molecular weight excluding hydrogens is 311 g/mol. The van der Waals surface area contributed by atoms with E-state index in [1.54, 1.807) is 19.2 Å². The van der Waals surface area contributed by atoms with Crippen LogP contribution in [0.4, 0.5) is 5.69 Å². The van der Waals surface area contributed by atoms with Crippen LogP contribution in [0.5, 0.6) is 0 Å². The van der Waals surface area contributed by atoms with E-state index >= 15 is 0 Å². The van der Waals surface area contributed by atoms with Crippen molar-refractivity contribution in [3.63, 3.8) is 0 Å². The highest BCUT2D eigenvalue weighted by Gasteiger charge is 2.21. The Kier molecular flexibility index (Phi) is 5.12. The van der Waals surface area contributed by atoms with Gasteiger partial charge in [-0.25, -0.2) is 4.98 Å². The largest absolute Gasteiger partial charge is 0.330 e. The number of rotatable bonds is 5. The second-order valence-electron chi connectivity index (χ2n) is 4.15. The monoisotopic (exact) mass is 324 g/mol. The van der Waals surface area contributed by atoms with Crippen molar-refractivity contribution in [1.82, 2.24) is 4.98 Å². The van der Waals surface area contributed by atoms with E-state index in [0.717, 1.165) is 15.5 Å². The maximum Gasteiger partial charge on any atom is 0.282 e. The fourth-order valence-corrected chi connectivity index (χ4v) is 3.57. The Morgan fingerprint density at radius 2 is 2.14 bits per heavy atom. The van der Waals surface area contributed by atoms with Gasteiger partial charge >= 0.3 is 0 Å². The molecule has 1 unspecified atom stereocenters. The highest BCUT2D eigenvalue weighted by molar-refractivity contribution is 7.99. The number of pyridine rings is 1. The van der Waals surface area contributed by atoms with Crippen molar-refractivity contribution in [2.24, 2.45) is 0 Å². The van der Waals surface area contributed by atoms with Gasteiger partial charge in [-0.05, 0) is 30.7 Å². The van der Waals surface area contributed by atoms with Gasteiger partial charge in [0, 0.05) is 24.3 Å². The molecule has 0 aliphatic carbocycles. The summed E-state index contributed by atoms with van der Waals surface area (Å²) in [5.74, 6) is 0. The first-order chi connectivity index (χ1) is 10.0. The van der Waals surface area contributed by atoms with Crippen molar-refractivity contribution in [1.29, 1.82) is 0 Å². The van der Waals surface area contributed by atoms with Gasteiger partial charge in [0.15, 0.2) is 0 Å². The Morgan fingerprint density at radius 1 is 1.38 bits per heavy atom. The van der Waals surface area contributed by atoms with E-state index in [0.29, 0.717) is 0 Å². The van der Waals surface area contributed by atoms with Gasteiger partial charge < -0.3 is 4.52 Å². The summed E-state index contributed by atoms with van der Waals surface area (Å²) in [5.41, 5.74) is 0.551. The van der Waals surface area contributed by atoms with Gasteiger partial charge in [0.2, 0.25) is 8.03 Å². The minimum atomic E-state index is -2.64. The van der Waals surface area contributed by atoms with Crippen LogP contribution >= 0.6 is 19.8 Å². The lowest BCUT2D eigenvalue weighted by Gasteiger charge is -2.08. The molecular formula is C13H13N2O4PS. The van der Waals surface area contributed by atoms with E-state index in [2.05, 4.69) is 4.98 Å². The van der Waals surface area contributed by atoms with Crippen molar-refractivity contribution < 1.29 is 14.0 Å². The van der Waals surface area contributed by atoms with Gasteiger partial charge in [-0.3, -0.25) is 14.7 Å². The van der Waals surface area contributed by atoms with Crippen LogP contribution in [0.3, 0.4) is 0 Å². The summed E-state index contributed by atoms with van der Waals surface area (Å²) >= 11 is 1.36. The molecule has 0 aliphatic heterocycles. The summed E-state index contributed by atoms with van der Waals surface area (Å²) in [6, 6.07) is 8.47. The molecule has 0 amide bonds. The fourth-order valence-electron chi connectivity index (χ4n) is 1.73. The van der Waals surface area contributed by atoms with Crippen molar-refractivity contribution in [2.45, 2.75) is 16.8 Å². The Hall–Kier alpha value is -1.69. The van der Waals surface area contributed by atoms with E-state index in [1.165, 1.54) is 24.9 Å². The molecule has 110 valence electrons. The number of nitrogens with zero attached hydrogens (tertiary/aromatic N) is 2. The maximum atomic E-state index is 11.9. The topological polar surface area (TPSA) is 82.3 Å². The van der Waals surface area contributed by atoms with Crippen LogP contribution in [0, 0.1) is 17.0 Å². The summed E-state index contributed by atoms with van der Waals surface area (Å²) in [5, 5.41) is 12.0. The maximum absolute atomic E-state index is 11.9. The van der Waals surface area contributed by atoms with Crippen LogP contribution in [0.25, 0.3) is 0 Å². The molecule has 0 N–H and O–H groups in total. The molecule has 1 aromatic carbocycles. The average molecular weight is 324 g/mol. The minimum absolute atomic E-state index is 0.122. The molecule has 0 aliphatic rings. The highest BCUT2D eigenvalue weighted by Crippen LogP contribution is 2.34. The lowest BCUT2D eigenvalue weighted by atomic mass is 10.2. The van der Waals surface area contributed by atoms with E-state index in [4.69, 9.17) is 4.52 Å². The predicted molar refractivity (Wildman–Crippen MR) is 81.8 cm³/mol. The average Bonchev–Trinajstić information content (AvgIpc) is 2.49. The highest BCUT2D eigenvalue weighted by atomic mass is 32.2. The first-order valence-corrected chi connectivity index (χ1v) is 8.12. The first-order valence-electron chi connectivity index (χ1n) is 5.99. The Morgan fingerprint density at radius 3 is 2.71 bits per heavy atom. The van der Waals surface area contributed by atoms with Crippen LogP contribution in [-0.4, -0.2) is 17.0 Å². The summed E-state index contributed by atoms with van der Waals surface area (Å²) in [7, 11) is -1.36. The zero-order chi connectivity index (χ0) is 15.4. The normalized spacial score (nSPS) is 12.1. The van der Waals surface area contributed by atoms with Crippen LogP contribution < -0.4 is 5.30 Å². The molecule has 0 fully saturated rings. The van der Waals surface area contributed by atoms with Crippen LogP contribution in [0.2, 0.25) is 0 Å². The van der Waals surface area contributed by atoms with Gasteiger partial charge in [0.25, 0.3) is 5.69 Å². The zero-order valence-corrected chi connectivity index (χ0v) is 13.2. The van der Waals surface area contributed by atoms with Gasteiger partial charge in [-0.2, -0.15) is 0 Å². The molecule has 8 heteroatoms. The van der Waals surface area contributed by atoms with Gasteiger partial charge in [0.1, 0.15) is 10.3 Å². The van der Waals surface area contributed by atoms with Crippen LogP contribution in [0.15, 0.2) is 46.5 Å². The molecule has 0 bridgehead atoms. The fraction of sp³-hybridized carbons (Fsp3) is 0.154. The second-order valence-corrected chi connectivity index (χ2v) is 6.74. The zero-order valence-electron chi connectivity index (χ0n) is 11.4. The van der Waals surface area contributed by atoms with Gasteiger partial charge in [0.05, 0.1) is 4.92 Å². The summed E-state index contributed by atoms with van der Waals surface area (Å²) in [6.07, 6.45) is 1.67. The third-order valence-electron chi connectivity index (χ3n) is 2.75. The SMILES string of the molecule is CO[PH](=O)c1cc(Sc2ccccn2)c(C)cc1[N+](=O)[O-]. The predicted octanol–water partition coefficient (Wildman–Crippen LogP) is 3.20. The molecule has 1 atom stereocenters. The van der Waals surface area contributed by atoms with Gasteiger partial charge in [-0.15, -0.1) is 0 Å². The summed E-state index contributed by atoms with van der Waals surface area (Å²) < 4.78 is 16.7. The number of hydrogen-bond donors (Lipinski definition) is 0. The third kappa shape index (κ3) is 3.69. The Balaban J connectivity index is 2.48. The van der Waals surface area contributed by atoms with Crippen LogP contribution in [0.1, 0.15) is 5.56 Å². The molecule has 2 rings (SSSR count). The number of nitro benzene ring substituents is 1. The minimum Gasteiger partial charge on any atom is -0.330 e. The molecule has 0 saturated carbocycles. The summed E-state index contributed by atoms with van der Waals surface area (Å²) in [6.45, 7) is 1.77. The van der Waals surface area contributed by atoms with Crippen LogP contribution in [-0.2, 0) is 9.09 Å². The lowest BCUT2D eigenvalue weighted by Crippen LogP contribution is -2.07. The molecule has 0 saturated heterocycles. The Labute approximate surface area is 126 Å². The first kappa shape index (κ1) is 15.7. The molecule has 2 aromatic rings. The number of aromatic nitrogens is 1. The lowest BCUT2D eigenvalue weighted by molar-refractivity contribution is -0.383. The molecule has 1 heterocycles. The van der Waals surface area contributed by atoms with E-state index in [1.807, 2.05) is 18.2 Å². The van der Waals surface area contributed by atoms with Gasteiger partial charge in [-0.1, -0.05) is 17.8 Å². The van der Waals surface area contributed by atoms with E-state index in [-0.39, 0.29) is 11.0 Å². The van der Waals surface area contributed by atoms with Crippen molar-refractivity contribution >= 4 is 30.8 Å². The standard InChI is InChI=1S/C13H13N2O4PS/c1-9-7-10(15(16)17)11(20(18)19-2)8-12(9)21-13-5-3-4-6-14-13/h3-8,20H,1-2H3. The molecule has 0 spiro atoms. The quantitative estimate of drug-likeness (QED) is 0.477.